The minimum atomic E-state index is -1.02. The standard InChI is InChI=1S/C13H20N2O3S/c1-9-7-19-8-10(9)5-14-12(18)15(6-11(16)17)13(2,3)4/h7-8H,5-6H2,1-4H3,(H,14,18)(H,16,17). The van der Waals surface area contributed by atoms with Crippen LogP contribution in [-0.4, -0.2) is 34.1 Å². The second-order valence-corrected chi connectivity index (χ2v) is 6.13. The van der Waals surface area contributed by atoms with Gasteiger partial charge in [-0.2, -0.15) is 11.3 Å². The van der Waals surface area contributed by atoms with E-state index in [1.165, 1.54) is 4.90 Å². The number of urea groups is 1. The van der Waals surface area contributed by atoms with Crippen molar-refractivity contribution in [3.05, 3.63) is 21.9 Å². The van der Waals surface area contributed by atoms with Crippen molar-refractivity contribution >= 4 is 23.3 Å². The summed E-state index contributed by atoms with van der Waals surface area (Å²) in [5.41, 5.74) is 1.65. The van der Waals surface area contributed by atoms with Gasteiger partial charge in [-0.3, -0.25) is 4.79 Å². The van der Waals surface area contributed by atoms with Crippen molar-refractivity contribution in [2.24, 2.45) is 0 Å². The van der Waals surface area contributed by atoms with E-state index in [1.54, 1.807) is 11.3 Å². The van der Waals surface area contributed by atoms with E-state index in [1.807, 2.05) is 38.5 Å². The average molecular weight is 284 g/mol. The first-order valence-electron chi connectivity index (χ1n) is 6.00. The number of nitrogens with zero attached hydrogens (tertiary/aromatic N) is 1. The molecule has 1 aromatic heterocycles. The summed E-state index contributed by atoms with van der Waals surface area (Å²) in [6.07, 6.45) is 0. The van der Waals surface area contributed by atoms with E-state index in [-0.39, 0.29) is 12.6 Å². The van der Waals surface area contributed by atoms with Crippen LogP contribution < -0.4 is 5.32 Å². The van der Waals surface area contributed by atoms with E-state index in [0.717, 1.165) is 11.1 Å². The van der Waals surface area contributed by atoms with E-state index < -0.39 is 11.5 Å². The summed E-state index contributed by atoms with van der Waals surface area (Å²) in [4.78, 5) is 24.2. The fraction of sp³-hybridized carbons (Fsp3) is 0.538. The first kappa shape index (κ1) is 15.5. The Kier molecular flexibility index (Phi) is 4.94. The molecule has 19 heavy (non-hydrogen) atoms. The minimum Gasteiger partial charge on any atom is -0.480 e. The number of thiophene rings is 1. The Bertz CT molecular complexity index is 463. The summed E-state index contributed by atoms with van der Waals surface area (Å²) in [5.74, 6) is -1.02. The molecule has 0 aliphatic heterocycles. The number of carbonyl (C=O) groups is 2. The van der Waals surface area contributed by atoms with Crippen LogP contribution in [0.15, 0.2) is 10.8 Å². The lowest BCUT2D eigenvalue weighted by Crippen LogP contribution is -2.52. The number of aliphatic carboxylic acids is 1. The highest BCUT2D eigenvalue weighted by atomic mass is 32.1. The molecule has 5 nitrogen and oxygen atoms in total. The third kappa shape index (κ3) is 4.55. The number of aryl methyl sites for hydroxylation is 1. The van der Waals surface area contributed by atoms with Crippen LogP contribution in [0.2, 0.25) is 0 Å². The molecule has 0 spiro atoms. The lowest BCUT2D eigenvalue weighted by atomic mass is 10.1. The molecule has 0 aliphatic rings. The van der Waals surface area contributed by atoms with Gasteiger partial charge < -0.3 is 15.3 Å². The Morgan fingerprint density at radius 2 is 2.00 bits per heavy atom. The van der Waals surface area contributed by atoms with Gasteiger partial charge in [0.05, 0.1) is 0 Å². The van der Waals surface area contributed by atoms with Crippen LogP contribution in [0.25, 0.3) is 0 Å². The van der Waals surface area contributed by atoms with Crippen LogP contribution in [0.3, 0.4) is 0 Å². The third-order valence-electron chi connectivity index (χ3n) is 2.74. The molecule has 106 valence electrons. The number of nitrogens with one attached hydrogen (secondary N) is 1. The summed E-state index contributed by atoms with van der Waals surface area (Å²) in [6, 6.07) is -0.361. The van der Waals surface area contributed by atoms with Crippen LogP contribution in [0.1, 0.15) is 31.9 Å². The number of amides is 2. The molecule has 6 heteroatoms. The Hall–Kier alpha value is -1.56. The predicted octanol–water partition coefficient (Wildman–Crippen LogP) is 2.45. The van der Waals surface area contributed by atoms with Crippen LogP contribution >= 0.6 is 11.3 Å². The van der Waals surface area contributed by atoms with Crippen LogP contribution in [0.5, 0.6) is 0 Å². The lowest BCUT2D eigenvalue weighted by molar-refractivity contribution is -0.138. The Balaban J connectivity index is 2.67. The minimum absolute atomic E-state index is 0.308. The fourth-order valence-corrected chi connectivity index (χ4v) is 2.44. The van der Waals surface area contributed by atoms with Gasteiger partial charge in [-0.05, 0) is 49.6 Å². The van der Waals surface area contributed by atoms with E-state index >= 15 is 0 Å². The van der Waals surface area contributed by atoms with Crippen molar-refractivity contribution in [3.8, 4) is 0 Å². The molecule has 0 unspecified atom stereocenters. The summed E-state index contributed by atoms with van der Waals surface area (Å²) in [5, 5.41) is 15.6. The third-order valence-corrected chi connectivity index (χ3v) is 3.65. The van der Waals surface area contributed by atoms with Crippen molar-refractivity contribution in [1.29, 1.82) is 0 Å². The zero-order valence-electron chi connectivity index (χ0n) is 11.7. The number of carboxylic acid groups (broad SMARTS) is 1. The maximum absolute atomic E-state index is 12.1. The van der Waals surface area contributed by atoms with Gasteiger partial charge in [0.1, 0.15) is 6.54 Å². The van der Waals surface area contributed by atoms with Crippen molar-refractivity contribution in [2.45, 2.75) is 39.8 Å². The number of carboxylic acids is 1. The van der Waals surface area contributed by atoms with Gasteiger partial charge in [0.15, 0.2) is 0 Å². The topological polar surface area (TPSA) is 69.6 Å². The molecule has 0 saturated carbocycles. The highest BCUT2D eigenvalue weighted by molar-refractivity contribution is 7.08. The molecule has 0 atom stereocenters. The number of carbonyl (C=O) groups excluding carboxylic acids is 1. The monoisotopic (exact) mass is 284 g/mol. The van der Waals surface area contributed by atoms with E-state index in [0.29, 0.717) is 6.54 Å². The van der Waals surface area contributed by atoms with Crippen molar-refractivity contribution in [3.63, 3.8) is 0 Å². The molecule has 2 N–H and O–H groups in total. The largest absolute Gasteiger partial charge is 0.480 e. The maximum atomic E-state index is 12.1. The molecule has 0 fully saturated rings. The molecule has 0 saturated heterocycles. The summed E-state index contributed by atoms with van der Waals surface area (Å²) in [6.45, 7) is 7.52. The van der Waals surface area contributed by atoms with Crippen LogP contribution in [-0.2, 0) is 11.3 Å². The Morgan fingerprint density at radius 3 is 2.42 bits per heavy atom. The molecular formula is C13H20N2O3S. The maximum Gasteiger partial charge on any atom is 0.323 e. The number of rotatable bonds is 4. The molecule has 0 radical (unpaired) electrons. The van der Waals surface area contributed by atoms with Gasteiger partial charge in [0.2, 0.25) is 0 Å². The quantitative estimate of drug-likeness (QED) is 0.892. The summed E-state index contributed by atoms with van der Waals surface area (Å²) < 4.78 is 0. The lowest BCUT2D eigenvalue weighted by Gasteiger charge is -2.34. The van der Waals surface area contributed by atoms with Gasteiger partial charge in [-0.1, -0.05) is 0 Å². The molecule has 1 aromatic rings. The van der Waals surface area contributed by atoms with Gasteiger partial charge >= 0.3 is 12.0 Å². The molecular weight excluding hydrogens is 264 g/mol. The fourth-order valence-electron chi connectivity index (χ4n) is 1.58. The normalized spacial score (nSPS) is 11.2. The van der Waals surface area contributed by atoms with Crippen molar-refractivity contribution < 1.29 is 14.7 Å². The van der Waals surface area contributed by atoms with Gasteiger partial charge in [0.25, 0.3) is 0 Å². The predicted molar refractivity (Wildman–Crippen MR) is 75.4 cm³/mol. The van der Waals surface area contributed by atoms with Gasteiger partial charge in [0, 0.05) is 12.1 Å². The van der Waals surface area contributed by atoms with Crippen molar-refractivity contribution in [2.75, 3.05) is 6.54 Å². The summed E-state index contributed by atoms with van der Waals surface area (Å²) >= 11 is 1.58. The molecule has 0 bridgehead atoms. The zero-order valence-corrected chi connectivity index (χ0v) is 12.5. The summed E-state index contributed by atoms with van der Waals surface area (Å²) in [7, 11) is 0. The van der Waals surface area contributed by atoms with E-state index in [9.17, 15) is 9.59 Å². The van der Waals surface area contributed by atoms with Gasteiger partial charge in [-0.25, -0.2) is 4.79 Å². The van der Waals surface area contributed by atoms with Crippen LogP contribution in [0.4, 0.5) is 4.79 Å². The first-order chi connectivity index (χ1) is 8.71. The average Bonchev–Trinajstić information content (AvgIpc) is 2.67. The second-order valence-electron chi connectivity index (χ2n) is 5.39. The smallest absolute Gasteiger partial charge is 0.323 e. The van der Waals surface area contributed by atoms with Gasteiger partial charge in [-0.15, -0.1) is 0 Å². The molecule has 0 aliphatic carbocycles. The Morgan fingerprint density at radius 1 is 1.37 bits per heavy atom. The van der Waals surface area contributed by atoms with Crippen molar-refractivity contribution in [1.82, 2.24) is 10.2 Å². The number of hydrogen-bond donors (Lipinski definition) is 2. The van der Waals surface area contributed by atoms with E-state index in [4.69, 9.17) is 5.11 Å². The molecule has 0 aromatic carbocycles. The highest BCUT2D eigenvalue weighted by Crippen LogP contribution is 2.15. The second kappa shape index (κ2) is 6.06. The molecule has 2 amide bonds. The Labute approximate surface area is 117 Å². The SMILES string of the molecule is Cc1cscc1CNC(=O)N(CC(=O)O)C(C)(C)C. The zero-order chi connectivity index (χ0) is 14.6. The van der Waals surface area contributed by atoms with E-state index in [2.05, 4.69) is 5.32 Å². The molecule has 1 rings (SSSR count). The van der Waals surface area contributed by atoms with Crippen LogP contribution in [0, 0.1) is 6.92 Å². The molecule has 1 heterocycles. The number of hydrogen-bond acceptors (Lipinski definition) is 3. The highest BCUT2D eigenvalue weighted by Gasteiger charge is 2.28. The first-order valence-corrected chi connectivity index (χ1v) is 6.95.